The standard InChI is InChI=1S/C17H24ClN3O2S/c1-12-13(2)24-11-8-21(12)17(22)19-15-5-3-4-14(18)16(15)20-6-9-23-10-7-20/h3-5,12-13H,6-11H2,1-2H3,(H,19,22)/t12-,13-/m0/s1. The molecule has 0 saturated carbocycles. The van der Waals surface area contributed by atoms with Gasteiger partial charge in [0, 0.05) is 36.7 Å². The van der Waals surface area contributed by atoms with Crippen LogP contribution in [0.5, 0.6) is 0 Å². The molecular weight excluding hydrogens is 346 g/mol. The smallest absolute Gasteiger partial charge is 0.322 e. The molecule has 0 aliphatic carbocycles. The van der Waals surface area contributed by atoms with Crippen LogP contribution in [0.3, 0.4) is 0 Å². The molecule has 2 atom stereocenters. The average molecular weight is 370 g/mol. The van der Waals surface area contributed by atoms with Crippen LogP contribution in [0.25, 0.3) is 0 Å². The van der Waals surface area contributed by atoms with Crippen LogP contribution < -0.4 is 10.2 Å². The molecule has 0 radical (unpaired) electrons. The van der Waals surface area contributed by atoms with Gasteiger partial charge in [0.15, 0.2) is 0 Å². The Balaban J connectivity index is 1.79. The molecule has 7 heteroatoms. The van der Waals surface area contributed by atoms with Crippen molar-refractivity contribution in [3.05, 3.63) is 23.2 Å². The highest BCUT2D eigenvalue weighted by molar-refractivity contribution is 8.00. The molecule has 132 valence electrons. The second-order valence-electron chi connectivity index (χ2n) is 6.18. The van der Waals surface area contributed by atoms with Gasteiger partial charge >= 0.3 is 6.03 Å². The molecule has 0 aromatic heterocycles. The Morgan fingerprint density at radius 1 is 1.29 bits per heavy atom. The minimum atomic E-state index is -0.0496. The number of halogens is 1. The third-order valence-corrected chi connectivity index (χ3v) is 6.34. The van der Waals surface area contributed by atoms with Gasteiger partial charge in [-0.2, -0.15) is 11.8 Å². The van der Waals surface area contributed by atoms with E-state index in [1.54, 1.807) is 0 Å². The molecule has 24 heavy (non-hydrogen) atoms. The van der Waals surface area contributed by atoms with Gasteiger partial charge in [-0.05, 0) is 19.1 Å². The molecule has 1 aromatic rings. The van der Waals surface area contributed by atoms with E-state index in [0.717, 1.165) is 36.8 Å². The van der Waals surface area contributed by atoms with Gasteiger partial charge in [0.05, 0.1) is 29.6 Å². The Labute approximate surface area is 152 Å². The van der Waals surface area contributed by atoms with Crippen molar-refractivity contribution in [2.45, 2.75) is 25.1 Å². The first-order valence-electron chi connectivity index (χ1n) is 8.38. The monoisotopic (exact) mass is 369 g/mol. The number of nitrogens with one attached hydrogen (secondary N) is 1. The first-order valence-corrected chi connectivity index (χ1v) is 9.81. The van der Waals surface area contributed by atoms with Crippen molar-refractivity contribution in [3.8, 4) is 0 Å². The number of benzene rings is 1. The van der Waals surface area contributed by atoms with Crippen molar-refractivity contribution >= 4 is 40.8 Å². The fourth-order valence-electron chi connectivity index (χ4n) is 3.13. The highest BCUT2D eigenvalue weighted by Gasteiger charge is 2.29. The van der Waals surface area contributed by atoms with E-state index < -0.39 is 0 Å². The van der Waals surface area contributed by atoms with E-state index >= 15 is 0 Å². The highest BCUT2D eigenvalue weighted by atomic mass is 35.5. The lowest BCUT2D eigenvalue weighted by Gasteiger charge is -2.38. The molecular formula is C17H24ClN3O2S. The molecule has 5 nitrogen and oxygen atoms in total. The Bertz CT molecular complexity index is 595. The second-order valence-corrected chi connectivity index (χ2v) is 8.07. The third kappa shape index (κ3) is 3.76. The maximum atomic E-state index is 12.8. The molecule has 0 bridgehead atoms. The van der Waals surface area contributed by atoms with E-state index in [1.807, 2.05) is 34.9 Å². The summed E-state index contributed by atoms with van der Waals surface area (Å²) in [5.41, 5.74) is 1.66. The number of amides is 2. The summed E-state index contributed by atoms with van der Waals surface area (Å²) in [5.74, 6) is 0.977. The fraction of sp³-hybridized carbons (Fsp3) is 0.588. The van der Waals surface area contributed by atoms with Crippen LogP contribution in [0.2, 0.25) is 5.02 Å². The molecule has 2 amide bonds. The van der Waals surface area contributed by atoms with E-state index in [9.17, 15) is 4.79 Å². The number of para-hydroxylation sites is 1. The van der Waals surface area contributed by atoms with Crippen molar-refractivity contribution in [2.24, 2.45) is 0 Å². The number of urea groups is 1. The summed E-state index contributed by atoms with van der Waals surface area (Å²) in [7, 11) is 0. The molecule has 2 fully saturated rings. The predicted molar refractivity (Wildman–Crippen MR) is 102 cm³/mol. The van der Waals surface area contributed by atoms with Crippen LogP contribution in [0, 0.1) is 0 Å². The third-order valence-electron chi connectivity index (χ3n) is 4.70. The summed E-state index contributed by atoms with van der Waals surface area (Å²) in [6.45, 7) is 7.97. The quantitative estimate of drug-likeness (QED) is 0.866. The van der Waals surface area contributed by atoms with Gasteiger partial charge in [-0.25, -0.2) is 4.79 Å². The minimum absolute atomic E-state index is 0.0496. The van der Waals surface area contributed by atoms with Gasteiger partial charge < -0.3 is 19.9 Å². The number of thioether (sulfide) groups is 1. The SMILES string of the molecule is C[C@@H]1SCCN(C(=O)Nc2cccc(Cl)c2N2CCOCC2)[C@H]1C. The van der Waals surface area contributed by atoms with E-state index in [1.165, 1.54) is 0 Å². The van der Waals surface area contributed by atoms with Crippen molar-refractivity contribution < 1.29 is 9.53 Å². The average Bonchev–Trinajstić information content (AvgIpc) is 2.58. The lowest BCUT2D eigenvalue weighted by molar-refractivity contribution is 0.123. The summed E-state index contributed by atoms with van der Waals surface area (Å²) in [5, 5.41) is 4.18. The Morgan fingerprint density at radius 3 is 2.79 bits per heavy atom. The van der Waals surface area contributed by atoms with Crippen LogP contribution in [-0.2, 0) is 4.74 Å². The summed E-state index contributed by atoms with van der Waals surface area (Å²) in [6, 6.07) is 5.83. The van der Waals surface area contributed by atoms with Crippen LogP contribution in [-0.4, -0.2) is 60.8 Å². The zero-order chi connectivity index (χ0) is 17.1. The number of hydrogen-bond acceptors (Lipinski definition) is 4. The number of morpholine rings is 1. The zero-order valence-corrected chi connectivity index (χ0v) is 15.7. The van der Waals surface area contributed by atoms with E-state index in [0.29, 0.717) is 23.5 Å². The van der Waals surface area contributed by atoms with E-state index in [2.05, 4.69) is 24.1 Å². The molecule has 0 spiro atoms. The van der Waals surface area contributed by atoms with Gasteiger partial charge in [-0.15, -0.1) is 0 Å². The number of anilines is 2. The van der Waals surface area contributed by atoms with Gasteiger partial charge in [-0.1, -0.05) is 24.6 Å². The second kappa shape index (κ2) is 7.85. The van der Waals surface area contributed by atoms with Crippen LogP contribution in [0.15, 0.2) is 18.2 Å². The van der Waals surface area contributed by atoms with E-state index in [4.69, 9.17) is 16.3 Å². The van der Waals surface area contributed by atoms with Crippen molar-refractivity contribution in [1.29, 1.82) is 0 Å². The molecule has 1 N–H and O–H groups in total. The number of carbonyl (C=O) groups is 1. The van der Waals surface area contributed by atoms with Gasteiger partial charge in [0.1, 0.15) is 0 Å². The Hall–Kier alpha value is -1.11. The zero-order valence-electron chi connectivity index (χ0n) is 14.1. The lowest BCUT2D eigenvalue weighted by Crippen LogP contribution is -2.49. The largest absolute Gasteiger partial charge is 0.378 e. The molecule has 2 aliphatic rings. The first kappa shape index (κ1) is 17.7. The van der Waals surface area contributed by atoms with Crippen molar-refractivity contribution in [2.75, 3.05) is 48.8 Å². The highest BCUT2D eigenvalue weighted by Crippen LogP contribution is 2.35. The summed E-state index contributed by atoms with van der Waals surface area (Å²) in [4.78, 5) is 16.9. The van der Waals surface area contributed by atoms with Crippen LogP contribution in [0.1, 0.15) is 13.8 Å². The van der Waals surface area contributed by atoms with Gasteiger partial charge in [0.25, 0.3) is 0 Å². The number of carbonyl (C=O) groups excluding carboxylic acids is 1. The normalized spacial score (nSPS) is 24.8. The maximum absolute atomic E-state index is 12.8. The summed E-state index contributed by atoms with van der Waals surface area (Å²) < 4.78 is 5.42. The molecule has 0 unspecified atom stereocenters. The number of ether oxygens (including phenoxy) is 1. The first-order chi connectivity index (χ1) is 11.6. The van der Waals surface area contributed by atoms with Crippen LogP contribution in [0.4, 0.5) is 16.2 Å². The van der Waals surface area contributed by atoms with Crippen molar-refractivity contribution in [1.82, 2.24) is 4.90 Å². The Kier molecular flexibility index (Phi) is 5.79. The number of nitrogens with zero attached hydrogens (tertiary/aromatic N) is 2. The molecule has 3 rings (SSSR count). The fourth-order valence-corrected chi connectivity index (χ4v) is 4.52. The molecule has 1 aromatic carbocycles. The Morgan fingerprint density at radius 2 is 2.04 bits per heavy atom. The summed E-state index contributed by atoms with van der Waals surface area (Å²) >= 11 is 8.35. The van der Waals surface area contributed by atoms with Crippen molar-refractivity contribution in [3.63, 3.8) is 0 Å². The number of rotatable bonds is 2. The summed E-state index contributed by atoms with van der Waals surface area (Å²) in [6.07, 6.45) is 0. The molecule has 2 aliphatic heterocycles. The topological polar surface area (TPSA) is 44.8 Å². The predicted octanol–water partition coefficient (Wildman–Crippen LogP) is 3.53. The number of hydrogen-bond donors (Lipinski definition) is 1. The van der Waals surface area contributed by atoms with Crippen LogP contribution >= 0.6 is 23.4 Å². The molecule has 2 heterocycles. The maximum Gasteiger partial charge on any atom is 0.322 e. The van der Waals surface area contributed by atoms with Gasteiger partial charge in [0.2, 0.25) is 0 Å². The minimum Gasteiger partial charge on any atom is -0.378 e. The van der Waals surface area contributed by atoms with E-state index in [-0.39, 0.29) is 12.1 Å². The molecule has 2 saturated heterocycles. The van der Waals surface area contributed by atoms with Gasteiger partial charge in [-0.3, -0.25) is 0 Å². The lowest BCUT2D eigenvalue weighted by atomic mass is 10.2.